The van der Waals surface area contributed by atoms with Gasteiger partial charge in [0.05, 0.1) is 19.6 Å². The Labute approximate surface area is 201 Å². The number of amidine groups is 1. The minimum absolute atomic E-state index is 0.0388. The maximum absolute atomic E-state index is 13.1. The highest BCUT2D eigenvalue weighted by Crippen LogP contribution is 2.30. The van der Waals surface area contributed by atoms with Gasteiger partial charge in [0.15, 0.2) is 5.78 Å². The van der Waals surface area contributed by atoms with Crippen molar-refractivity contribution in [3.05, 3.63) is 53.6 Å². The van der Waals surface area contributed by atoms with Gasteiger partial charge in [-0.25, -0.2) is 4.79 Å². The van der Waals surface area contributed by atoms with Crippen molar-refractivity contribution in [2.45, 2.75) is 25.8 Å². The van der Waals surface area contributed by atoms with Gasteiger partial charge in [0.25, 0.3) is 0 Å². The molecule has 3 aliphatic heterocycles. The number of anilines is 1. The lowest BCUT2D eigenvalue weighted by Crippen LogP contribution is -2.48. The molecule has 1 aromatic carbocycles. The monoisotopic (exact) mass is 476 g/mol. The number of amides is 2. The van der Waals surface area contributed by atoms with Gasteiger partial charge in [-0.1, -0.05) is 17.3 Å². The molecule has 1 saturated heterocycles. The lowest BCUT2D eigenvalue weighted by molar-refractivity contribution is -0.119. The van der Waals surface area contributed by atoms with Gasteiger partial charge in [0, 0.05) is 36.1 Å². The number of ketones is 1. The quantitative estimate of drug-likeness (QED) is 0.696. The molecule has 0 saturated carbocycles. The third-order valence-electron chi connectivity index (χ3n) is 6.28. The van der Waals surface area contributed by atoms with Crippen molar-refractivity contribution in [1.29, 1.82) is 0 Å². The second kappa shape index (κ2) is 8.82. The number of ether oxygens (including phenoxy) is 1. The van der Waals surface area contributed by atoms with Crippen LogP contribution in [0.4, 0.5) is 10.5 Å². The van der Waals surface area contributed by atoms with E-state index in [1.54, 1.807) is 34.2 Å². The van der Waals surface area contributed by atoms with Crippen molar-refractivity contribution in [2.75, 3.05) is 32.1 Å². The summed E-state index contributed by atoms with van der Waals surface area (Å²) in [4.78, 5) is 48.6. The van der Waals surface area contributed by atoms with Gasteiger partial charge in [-0.2, -0.15) is 4.98 Å². The fraction of sp³-hybridized carbons (Fsp3) is 0.333. The van der Waals surface area contributed by atoms with Gasteiger partial charge in [-0.15, -0.1) is 0 Å². The SMILES string of the molecule is COC(=O)N1CC(c2nc(-c3ccc(C)c(NC(=O)C4CN=C5C=CC(C(C)=O)=CN54)c3)no2)C1. The molecule has 3 aliphatic rings. The van der Waals surface area contributed by atoms with E-state index in [2.05, 4.69) is 20.4 Å². The van der Waals surface area contributed by atoms with Gasteiger partial charge in [0.1, 0.15) is 11.9 Å². The number of hydrogen-bond acceptors (Lipinski definition) is 9. The lowest BCUT2D eigenvalue weighted by atomic mass is 10.0. The predicted octanol–water partition coefficient (Wildman–Crippen LogP) is 2.27. The summed E-state index contributed by atoms with van der Waals surface area (Å²) < 4.78 is 10.1. The third kappa shape index (κ3) is 4.20. The van der Waals surface area contributed by atoms with Crippen LogP contribution in [0.1, 0.15) is 24.3 Å². The molecule has 2 aromatic rings. The molecule has 11 heteroatoms. The summed E-state index contributed by atoms with van der Waals surface area (Å²) >= 11 is 0. The minimum atomic E-state index is -0.555. The highest BCUT2D eigenvalue weighted by Gasteiger charge is 2.36. The van der Waals surface area contributed by atoms with Gasteiger partial charge in [0.2, 0.25) is 17.6 Å². The fourth-order valence-corrected chi connectivity index (χ4v) is 4.12. The summed E-state index contributed by atoms with van der Waals surface area (Å²) in [6, 6.07) is 4.97. The molecule has 180 valence electrons. The molecule has 1 atom stereocenters. The van der Waals surface area contributed by atoms with Gasteiger partial charge in [-0.3, -0.25) is 14.6 Å². The zero-order valence-electron chi connectivity index (χ0n) is 19.5. The molecule has 1 unspecified atom stereocenters. The van der Waals surface area contributed by atoms with Crippen LogP contribution >= 0.6 is 0 Å². The van der Waals surface area contributed by atoms with Crippen LogP contribution in [0.5, 0.6) is 0 Å². The number of carbonyl (C=O) groups excluding carboxylic acids is 3. The van der Waals surface area contributed by atoms with Crippen molar-refractivity contribution in [2.24, 2.45) is 4.99 Å². The molecule has 1 N–H and O–H groups in total. The van der Waals surface area contributed by atoms with Crippen LogP contribution in [-0.4, -0.2) is 76.3 Å². The normalized spacial score (nSPS) is 19.0. The van der Waals surface area contributed by atoms with Crippen LogP contribution in [0.3, 0.4) is 0 Å². The van der Waals surface area contributed by atoms with Crippen molar-refractivity contribution < 1.29 is 23.6 Å². The summed E-state index contributed by atoms with van der Waals surface area (Å²) in [5.74, 6) is 1.16. The molecule has 11 nitrogen and oxygen atoms in total. The molecule has 1 aromatic heterocycles. The highest BCUT2D eigenvalue weighted by molar-refractivity contribution is 6.07. The number of aliphatic imine (C=N–C) groups is 1. The van der Waals surface area contributed by atoms with Crippen LogP contribution < -0.4 is 5.32 Å². The van der Waals surface area contributed by atoms with Crippen molar-refractivity contribution >= 4 is 29.3 Å². The number of nitrogens with zero attached hydrogens (tertiary/aromatic N) is 5. The Morgan fingerprint density at radius 3 is 2.74 bits per heavy atom. The van der Waals surface area contributed by atoms with Gasteiger partial charge < -0.3 is 24.4 Å². The molecular formula is C24H24N6O5. The number of aryl methyl sites for hydroxylation is 1. The number of hydrogen-bond donors (Lipinski definition) is 1. The Morgan fingerprint density at radius 2 is 2.00 bits per heavy atom. The Morgan fingerprint density at radius 1 is 1.20 bits per heavy atom. The number of aromatic nitrogens is 2. The van der Waals surface area contributed by atoms with Crippen molar-refractivity contribution in [3.8, 4) is 11.4 Å². The molecule has 35 heavy (non-hydrogen) atoms. The average Bonchev–Trinajstić information content (AvgIpc) is 3.46. The number of nitrogens with one attached hydrogen (secondary N) is 1. The average molecular weight is 476 g/mol. The zero-order valence-corrected chi connectivity index (χ0v) is 19.5. The molecule has 0 radical (unpaired) electrons. The van der Waals surface area contributed by atoms with Crippen molar-refractivity contribution in [3.63, 3.8) is 0 Å². The van der Waals surface area contributed by atoms with E-state index in [0.29, 0.717) is 54.0 Å². The van der Waals surface area contributed by atoms with E-state index in [-0.39, 0.29) is 23.7 Å². The van der Waals surface area contributed by atoms with Crippen LogP contribution in [0.25, 0.3) is 11.4 Å². The Balaban J connectivity index is 1.29. The number of Topliss-reactive ketones (excluding diaryl/α,β-unsaturated/α-hetero) is 1. The van der Waals surface area contributed by atoms with E-state index in [0.717, 1.165) is 5.56 Å². The summed E-state index contributed by atoms with van der Waals surface area (Å²) in [5.41, 5.74) is 2.70. The second-order valence-electron chi connectivity index (χ2n) is 8.64. The van der Waals surface area contributed by atoms with E-state index >= 15 is 0 Å². The number of likely N-dealkylation sites (tertiary alicyclic amines) is 1. The summed E-state index contributed by atoms with van der Waals surface area (Å²) in [7, 11) is 1.34. The van der Waals surface area contributed by atoms with Gasteiger partial charge in [-0.05, 0) is 37.6 Å². The molecule has 5 rings (SSSR count). The number of allylic oxidation sites excluding steroid dienone is 2. The fourth-order valence-electron chi connectivity index (χ4n) is 4.12. The number of fused-ring (bicyclic) bond motifs is 1. The largest absolute Gasteiger partial charge is 0.453 e. The first-order valence-corrected chi connectivity index (χ1v) is 11.2. The molecule has 0 bridgehead atoms. The third-order valence-corrected chi connectivity index (χ3v) is 6.28. The standard InChI is InChI=1S/C24H24N6O5/c1-13-4-5-15(21-27-23(35-28-21)17-10-29(11-17)24(33)34-3)8-18(13)26-22(32)19-9-25-20-7-6-16(14(2)31)12-30(19)20/h4-8,12,17,19H,9-11H2,1-3H3,(H,26,32). The highest BCUT2D eigenvalue weighted by atomic mass is 16.5. The van der Waals surface area contributed by atoms with Crippen LogP contribution in [0, 0.1) is 6.92 Å². The first-order chi connectivity index (χ1) is 16.8. The Kier molecular flexibility index (Phi) is 5.67. The number of methoxy groups -OCH3 is 1. The predicted molar refractivity (Wildman–Crippen MR) is 126 cm³/mol. The molecular weight excluding hydrogens is 452 g/mol. The number of carbonyl (C=O) groups is 3. The van der Waals surface area contributed by atoms with E-state index in [9.17, 15) is 14.4 Å². The van der Waals surface area contributed by atoms with Crippen LogP contribution in [0.2, 0.25) is 0 Å². The molecule has 0 aliphatic carbocycles. The second-order valence-corrected chi connectivity index (χ2v) is 8.64. The molecule has 2 amide bonds. The van der Waals surface area contributed by atoms with Crippen molar-refractivity contribution in [1.82, 2.24) is 19.9 Å². The summed E-state index contributed by atoms with van der Waals surface area (Å²) in [6.07, 6.45) is 4.75. The molecule has 1 fully saturated rings. The first kappa shape index (κ1) is 22.5. The topological polar surface area (TPSA) is 130 Å². The lowest BCUT2D eigenvalue weighted by Gasteiger charge is -2.35. The van der Waals surface area contributed by atoms with E-state index in [1.165, 1.54) is 14.0 Å². The number of benzene rings is 1. The molecule has 4 heterocycles. The Hall–Kier alpha value is -4.28. The van der Waals surface area contributed by atoms with E-state index in [4.69, 9.17) is 9.26 Å². The summed E-state index contributed by atoms with van der Waals surface area (Å²) in [6.45, 7) is 4.59. The van der Waals surface area contributed by atoms with Crippen LogP contribution in [-0.2, 0) is 14.3 Å². The van der Waals surface area contributed by atoms with E-state index in [1.807, 2.05) is 19.1 Å². The Bertz CT molecular complexity index is 1300. The summed E-state index contributed by atoms with van der Waals surface area (Å²) in [5, 5.41) is 7.06. The smallest absolute Gasteiger partial charge is 0.409 e. The number of rotatable bonds is 5. The zero-order chi connectivity index (χ0) is 24.7. The minimum Gasteiger partial charge on any atom is -0.453 e. The van der Waals surface area contributed by atoms with Gasteiger partial charge >= 0.3 is 6.09 Å². The van der Waals surface area contributed by atoms with E-state index < -0.39 is 6.04 Å². The van der Waals surface area contributed by atoms with Crippen LogP contribution in [0.15, 0.2) is 51.6 Å². The molecule has 0 spiro atoms. The maximum Gasteiger partial charge on any atom is 0.409 e. The first-order valence-electron chi connectivity index (χ1n) is 11.2. The maximum atomic E-state index is 13.1.